The van der Waals surface area contributed by atoms with E-state index in [1.54, 1.807) is 24.3 Å². The average Bonchev–Trinajstić information content (AvgIpc) is 2.80. The van der Waals surface area contributed by atoms with Crippen LogP contribution in [0.2, 0.25) is 10.0 Å². The predicted octanol–water partition coefficient (Wildman–Crippen LogP) is 4.74. The lowest BCUT2D eigenvalue weighted by molar-refractivity contribution is 0.0747. The third-order valence-electron chi connectivity index (χ3n) is 6.57. The molecule has 2 aliphatic rings. The van der Waals surface area contributed by atoms with Crippen molar-refractivity contribution in [1.82, 2.24) is 4.90 Å². The quantitative estimate of drug-likeness (QED) is 0.595. The number of carbonyl (C=O) groups excluding carboxylic acids is 1. The zero-order valence-corrected chi connectivity index (χ0v) is 21.3. The summed E-state index contributed by atoms with van der Waals surface area (Å²) in [5.74, 6) is -0.123. The number of rotatable bonds is 4. The summed E-state index contributed by atoms with van der Waals surface area (Å²) in [7, 11) is -3.42. The third kappa shape index (κ3) is 5.26. The van der Waals surface area contributed by atoms with Gasteiger partial charge in [-0.25, -0.2) is 8.42 Å². The molecule has 1 amide bonds. The van der Waals surface area contributed by atoms with Gasteiger partial charge in [-0.15, -0.1) is 0 Å². The van der Waals surface area contributed by atoms with E-state index in [0.717, 1.165) is 30.8 Å². The summed E-state index contributed by atoms with van der Waals surface area (Å²) < 4.78 is 24.4. The zero-order valence-electron chi connectivity index (χ0n) is 18.9. The fourth-order valence-corrected chi connectivity index (χ4v) is 5.58. The molecule has 0 spiro atoms. The Morgan fingerprint density at radius 1 is 0.939 bits per heavy atom. The van der Waals surface area contributed by atoms with Crippen LogP contribution >= 0.6 is 23.2 Å². The molecule has 0 radical (unpaired) electrons. The number of sulfone groups is 1. The van der Waals surface area contributed by atoms with Crippen molar-refractivity contribution in [3.8, 4) is 0 Å². The Hall–Kier alpha value is -1.96. The van der Waals surface area contributed by atoms with Gasteiger partial charge in [0.2, 0.25) is 0 Å². The molecule has 4 rings (SSSR count). The second-order valence-corrected chi connectivity index (χ2v) is 11.7. The normalized spacial score (nSPS) is 19.6. The number of amides is 1. The minimum atomic E-state index is -3.42. The van der Waals surface area contributed by atoms with Crippen LogP contribution in [0.15, 0.2) is 41.3 Å². The largest absolute Gasteiger partial charge is 0.368 e. The first-order valence-electron chi connectivity index (χ1n) is 11.2. The first kappa shape index (κ1) is 24.2. The smallest absolute Gasteiger partial charge is 0.256 e. The molecule has 0 aromatic heterocycles. The molecular formula is C24H29Cl2N3O3S. The van der Waals surface area contributed by atoms with Crippen LogP contribution in [0, 0.1) is 0 Å². The molecule has 2 aromatic carbocycles. The third-order valence-corrected chi connectivity index (χ3v) is 8.42. The Bertz CT molecular complexity index is 1150. The molecule has 9 heteroatoms. The van der Waals surface area contributed by atoms with E-state index in [0.29, 0.717) is 47.8 Å². The average molecular weight is 510 g/mol. The molecule has 33 heavy (non-hydrogen) atoms. The van der Waals surface area contributed by atoms with E-state index in [1.165, 1.54) is 12.7 Å². The molecule has 2 fully saturated rings. The first-order chi connectivity index (χ1) is 15.6. The molecule has 0 saturated carbocycles. The van der Waals surface area contributed by atoms with E-state index in [9.17, 15) is 13.2 Å². The van der Waals surface area contributed by atoms with E-state index in [-0.39, 0.29) is 10.8 Å². The number of anilines is 2. The lowest BCUT2D eigenvalue weighted by Gasteiger charge is -2.39. The lowest BCUT2D eigenvalue weighted by Crippen LogP contribution is -2.49. The van der Waals surface area contributed by atoms with Gasteiger partial charge in [0.05, 0.1) is 20.5 Å². The van der Waals surface area contributed by atoms with Gasteiger partial charge in [0.1, 0.15) is 0 Å². The maximum absolute atomic E-state index is 13.6. The summed E-state index contributed by atoms with van der Waals surface area (Å²) in [5, 5.41) is 1.02. The van der Waals surface area contributed by atoms with Crippen LogP contribution in [0.3, 0.4) is 0 Å². The highest BCUT2D eigenvalue weighted by atomic mass is 35.5. The fourth-order valence-electron chi connectivity index (χ4n) is 4.64. The lowest BCUT2D eigenvalue weighted by atomic mass is 10.0. The van der Waals surface area contributed by atoms with Crippen LogP contribution in [0.5, 0.6) is 0 Å². The Labute approximate surface area is 206 Å². The molecule has 2 heterocycles. The number of benzene rings is 2. The van der Waals surface area contributed by atoms with Gasteiger partial charge >= 0.3 is 0 Å². The second kappa shape index (κ2) is 9.72. The first-order valence-corrected chi connectivity index (χ1v) is 13.9. The van der Waals surface area contributed by atoms with Gasteiger partial charge in [-0.1, -0.05) is 23.2 Å². The number of hydrogen-bond donors (Lipinski definition) is 0. The molecule has 2 aliphatic heterocycles. The maximum Gasteiger partial charge on any atom is 0.256 e. The van der Waals surface area contributed by atoms with E-state index in [1.807, 2.05) is 17.0 Å². The maximum atomic E-state index is 13.6. The number of piperidine rings is 1. The monoisotopic (exact) mass is 509 g/mol. The summed E-state index contributed by atoms with van der Waals surface area (Å²) in [6, 6.07) is 10.8. The molecule has 6 nitrogen and oxygen atoms in total. The van der Waals surface area contributed by atoms with Crippen LogP contribution in [-0.2, 0) is 9.84 Å². The summed E-state index contributed by atoms with van der Waals surface area (Å²) in [5.41, 5.74) is 2.26. The second-order valence-electron chi connectivity index (χ2n) is 8.87. The van der Waals surface area contributed by atoms with E-state index >= 15 is 0 Å². The van der Waals surface area contributed by atoms with Crippen LogP contribution in [0.1, 0.15) is 36.5 Å². The number of piperazine rings is 1. The minimum absolute atomic E-state index is 0.123. The van der Waals surface area contributed by atoms with Crippen molar-refractivity contribution in [2.45, 2.75) is 37.1 Å². The topological polar surface area (TPSA) is 60.9 Å². The summed E-state index contributed by atoms with van der Waals surface area (Å²) in [6.07, 6.45) is 4.47. The molecule has 1 atom stereocenters. The van der Waals surface area contributed by atoms with Crippen molar-refractivity contribution in [3.05, 3.63) is 52.0 Å². The molecule has 178 valence electrons. The van der Waals surface area contributed by atoms with Crippen LogP contribution in [0.25, 0.3) is 0 Å². The standard InChI is InChI=1S/C24H29Cl2N3O3S/c1-17-5-3-4-10-29(17)23-9-7-19(33(2,31)32)16-20(23)24(30)28-13-11-27(12-14-28)18-6-8-21(25)22(26)15-18/h6-9,15-17H,3-5,10-14H2,1-2H3. The Balaban J connectivity index is 1.58. The Morgan fingerprint density at radius 2 is 1.67 bits per heavy atom. The summed E-state index contributed by atoms with van der Waals surface area (Å²) in [6.45, 7) is 5.42. The molecule has 1 unspecified atom stereocenters. The van der Waals surface area contributed by atoms with Crippen LogP contribution < -0.4 is 9.80 Å². The number of hydrogen-bond acceptors (Lipinski definition) is 5. The van der Waals surface area contributed by atoms with Crippen LogP contribution in [-0.4, -0.2) is 64.2 Å². The van der Waals surface area contributed by atoms with Crippen molar-refractivity contribution in [2.75, 3.05) is 48.8 Å². The fraction of sp³-hybridized carbons (Fsp3) is 0.458. The molecule has 2 aromatic rings. The SMILES string of the molecule is CC1CCCCN1c1ccc(S(C)(=O)=O)cc1C(=O)N1CCN(c2ccc(Cl)c(Cl)c2)CC1. The van der Waals surface area contributed by atoms with Crippen molar-refractivity contribution in [1.29, 1.82) is 0 Å². The van der Waals surface area contributed by atoms with Gasteiger partial charge < -0.3 is 14.7 Å². The van der Waals surface area contributed by atoms with Gasteiger partial charge in [-0.2, -0.15) is 0 Å². The minimum Gasteiger partial charge on any atom is -0.368 e. The van der Waals surface area contributed by atoms with Gasteiger partial charge in [-0.05, 0) is 62.6 Å². The molecule has 0 N–H and O–H groups in total. The highest BCUT2D eigenvalue weighted by Gasteiger charge is 2.29. The van der Waals surface area contributed by atoms with Crippen LogP contribution in [0.4, 0.5) is 11.4 Å². The van der Waals surface area contributed by atoms with Crippen molar-refractivity contribution in [3.63, 3.8) is 0 Å². The highest BCUT2D eigenvalue weighted by molar-refractivity contribution is 7.90. The highest BCUT2D eigenvalue weighted by Crippen LogP contribution is 2.32. The van der Waals surface area contributed by atoms with Gasteiger partial charge in [0.25, 0.3) is 5.91 Å². The van der Waals surface area contributed by atoms with Gasteiger partial charge in [0.15, 0.2) is 9.84 Å². The van der Waals surface area contributed by atoms with Gasteiger partial charge in [0, 0.05) is 56.4 Å². The molecule has 0 bridgehead atoms. The van der Waals surface area contributed by atoms with Crippen molar-refractivity contribution >= 4 is 50.3 Å². The number of halogens is 2. The Kier molecular flexibility index (Phi) is 7.12. The molecule has 0 aliphatic carbocycles. The summed E-state index contributed by atoms with van der Waals surface area (Å²) in [4.78, 5) is 20.0. The van der Waals surface area contributed by atoms with Gasteiger partial charge in [-0.3, -0.25) is 4.79 Å². The Morgan fingerprint density at radius 3 is 2.30 bits per heavy atom. The van der Waals surface area contributed by atoms with E-state index < -0.39 is 9.84 Å². The number of carbonyl (C=O) groups is 1. The van der Waals surface area contributed by atoms with E-state index in [4.69, 9.17) is 23.2 Å². The summed E-state index contributed by atoms with van der Waals surface area (Å²) >= 11 is 12.2. The molecular weight excluding hydrogens is 481 g/mol. The van der Waals surface area contributed by atoms with Crippen molar-refractivity contribution in [2.24, 2.45) is 0 Å². The molecule has 2 saturated heterocycles. The zero-order chi connectivity index (χ0) is 23.8. The number of nitrogens with zero attached hydrogens (tertiary/aromatic N) is 3. The van der Waals surface area contributed by atoms with E-state index in [2.05, 4.69) is 16.7 Å². The van der Waals surface area contributed by atoms with Crippen molar-refractivity contribution < 1.29 is 13.2 Å². The predicted molar refractivity (Wildman–Crippen MR) is 135 cm³/mol.